The lowest BCUT2D eigenvalue weighted by atomic mass is 9.68. The number of hydrogen-bond donors (Lipinski definition) is 3. The van der Waals surface area contributed by atoms with Crippen LogP contribution in [-0.2, 0) is 14.4 Å². The minimum Gasteiger partial charge on any atom is -0.508 e. The zero-order valence-electron chi connectivity index (χ0n) is 18.5. The number of carbonyl (C=O) groups is 3. The molecule has 34 heavy (non-hydrogen) atoms. The number of fused-ring (bicyclic) bond motifs is 9. The number of carbonyl (C=O) groups excluding carboxylic acids is 2. The Kier molecular flexibility index (Phi) is 4.80. The van der Waals surface area contributed by atoms with Gasteiger partial charge in [-0.25, -0.2) is 4.79 Å². The van der Waals surface area contributed by atoms with Crippen molar-refractivity contribution in [2.45, 2.75) is 42.5 Å². The summed E-state index contributed by atoms with van der Waals surface area (Å²) in [4.78, 5) is 56.1. The lowest BCUT2D eigenvalue weighted by Gasteiger charge is -2.43. The monoisotopic (exact) mass is 500 g/mol. The van der Waals surface area contributed by atoms with E-state index in [1.54, 1.807) is 37.7 Å². The van der Waals surface area contributed by atoms with Gasteiger partial charge in [0.2, 0.25) is 11.8 Å². The van der Waals surface area contributed by atoms with Crippen LogP contribution in [0.4, 0.5) is 0 Å². The molecule has 3 N–H and O–H groups in total. The van der Waals surface area contributed by atoms with Gasteiger partial charge in [-0.15, -0.1) is 11.8 Å². The van der Waals surface area contributed by atoms with Gasteiger partial charge in [-0.05, 0) is 47.8 Å². The van der Waals surface area contributed by atoms with Crippen LogP contribution in [0.2, 0.25) is 0 Å². The first kappa shape index (κ1) is 21.9. The number of phenolic OH excluding ortho intramolecular Hbond substituents is 1. The van der Waals surface area contributed by atoms with Gasteiger partial charge in [0, 0.05) is 16.0 Å². The third kappa shape index (κ3) is 2.84. The van der Waals surface area contributed by atoms with Crippen LogP contribution in [-0.4, -0.2) is 49.2 Å². The predicted molar refractivity (Wildman–Crippen MR) is 125 cm³/mol. The molecule has 2 aliphatic carbocycles. The topological polar surface area (TPSA) is 128 Å². The third-order valence-corrected chi connectivity index (χ3v) is 10.8. The number of aromatic amines is 1. The maximum absolute atomic E-state index is 13.6. The van der Waals surface area contributed by atoms with E-state index < -0.39 is 23.8 Å². The van der Waals surface area contributed by atoms with Crippen molar-refractivity contribution < 1.29 is 24.6 Å². The fourth-order valence-electron chi connectivity index (χ4n) is 7.06. The zero-order chi connectivity index (χ0) is 24.0. The van der Waals surface area contributed by atoms with E-state index in [2.05, 4.69) is 4.98 Å². The summed E-state index contributed by atoms with van der Waals surface area (Å²) >= 11 is 2.77. The number of rotatable bonds is 4. The summed E-state index contributed by atoms with van der Waals surface area (Å²) < 4.78 is 0. The summed E-state index contributed by atoms with van der Waals surface area (Å²) in [6.45, 7) is 3.43. The van der Waals surface area contributed by atoms with Crippen molar-refractivity contribution >= 4 is 40.9 Å². The van der Waals surface area contributed by atoms with Gasteiger partial charge in [-0.2, -0.15) is 0 Å². The summed E-state index contributed by atoms with van der Waals surface area (Å²) in [7, 11) is 0. The maximum atomic E-state index is 13.6. The number of thioether (sulfide) groups is 1. The van der Waals surface area contributed by atoms with E-state index in [1.807, 2.05) is 12.1 Å². The number of hydrogen-bond acceptors (Lipinski definition) is 7. The number of aliphatic carboxylic acids is 1. The van der Waals surface area contributed by atoms with E-state index in [9.17, 15) is 29.4 Å². The molecule has 3 fully saturated rings. The molecule has 0 unspecified atom stereocenters. The molecule has 8 nitrogen and oxygen atoms in total. The van der Waals surface area contributed by atoms with Gasteiger partial charge in [0.15, 0.2) is 0 Å². The molecule has 2 saturated carbocycles. The minimum atomic E-state index is -1.16. The van der Waals surface area contributed by atoms with Crippen LogP contribution in [0.1, 0.15) is 36.6 Å². The number of amides is 2. The number of H-pyrrole nitrogens is 1. The van der Waals surface area contributed by atoms with Crippen LogP contribution < -0.4 is 4.87 Å². The summed E-state index contributed by atoms with van der Waals surface area (Å²) in [5, 5.41) is 20.5. The Bertz CT molecular complexity index is 1270. The van der Waals surface area contributed by atoms with Crippen LogP contribution in [0, 0.1) is 35.5 Å². The molecule has 8 atom stereocenters. The molecule has 2 aliphatic heterocycles. The van der Waals surface area contributed by atoms with Crippen LogP contribution in [0.25, 0.3) is 0 Å². The molecule has 3 heterocycles. The lowest BCUT2D eigenvalue weighted by molar-refractivity contribution is -0.157. The largest absolute Gasteiger partial charge is 0.508 e. The number of phenols is 1. The highest BCUT2D eigenvalue weighted by Gasteiger charge is 2.70. The molecule has 1 saturated heterocycles. The SMILES string of the molecule is CC(C)[C@H](C(=O)O)N1C(=O)[C@@H]2[C@H]3C[C@@H]([C@@H]2C1=O)[C@@H]1[C@@H](c2ccc(O)cc2)c2sc(=O)[nH]c2S[C@H]31. The van der Waals surface area contributed by atoms with E-state index in [0.717, 1.165) is 26.8 Å². The van der Waals surface area contributed by atoms with Crippen molar-refractivity contribution in [3.8, 4) is 5.75 Å². The first-order valence-corrected chi connectivity index (χ1v) is 13.2. The van der Waals surface area contributed by atoms with Crippen molar-refractivity contribution in [2.24, 2.45) is 35.5 Å². The highest BCUT2D eigenvalue weighted by Crippen LogP contribution is 2.68. The highest BCUT2D eigenvalue weighted by atomic mass is 32.2. The van der Waals surface area contributed by atoms with Crippen molar-refractivity contribution in [2.75, 3.05) is 0 Å². The number of aromatic hydroxyl groups is 1. The molecule has 178 valence electrons. The number of benzene rings is 1. The maximum Gasteiger partial charge on any atom is 0.327 e. The van der Waals surface area contributed by atoms with Gasteiger partial charge in [0.25, 0.3) is 0 Å². The summed E-state index contributed by atoms with van der Waals surface area (Å²) in [5.74, 6) is -3.32. The van der Waals surface area contributed by atoms with Crippen molar-refractivity contribution in [3.63, 3.8) is 0 Å². The number of nitrogens with one attached hydrogen (secondary N) is 1. The lowest BCUT2D eigenvalue weighted by Crippen LogP contribution is -2.49. The van der Waals surface area contributed by atoms with Crippen LogP contribution >= 0.6 is 23.1 Å². The molecule has 0 radical (unpaired) electrons. The minimum absolute atomic E-state index is 0.0405. The van der Waals surface area contributed by atoms with E-state index in [1.165, 1.54) is 11.3 Å². The molecule has 1 aromatic heterocycles. The van der Waals surface area contributed by atoms with Gasteiger partial charge in [-0.3, -0.25) is 19.3 Å². The molecule has 4 aliphatic rings. The van der Waals surface area contributed by atoms with Gasteiger partial charge in [0.05, 0.1) is 16.9 Å². The van der Waals surface area contributed by atoms with Gasteiger partial charge in [0.1, 0.15) is 11.8 Å². The van der Waals surface area contributed by atoms with E-state index in [-0.39, 0.29) is 57.3 Å². The number of carboxylic acids is 1. The molecule has 6 rings (SSSR count). The Morgan fingerprint density at radius 1 is 1.09 bits per heavy atom. The molecule has 10 heteroatoms. The second-order valence-corrected chi connectivity index (χ2v) is 12.3. The average Bonchev–Trinajstić information content (AvgIpc) is 3.49. The second-order valence-electron chi connectivity index (χ2n) is 10.1. The summed E-state index contributed by atoms with van der Waals surface area (Å²) in [6.07, 6.45) is 0.746. The molecule has 0 spiro atoms. The first-order valence-electron chi connectivity index (χ1n) is 11.5. The second kappa shape index (κ2) is 7.45. The zero-order valence-corrected chi connectivity index (χ0v) is 20.1. The Hall–Kier alpha value is -2.59. The summed E-state index contributed by atoms with van der Waals surface area (Å²) in [6, 6.07) is 5.81. The normalized spacial score (nSPS) is 34.3. The smallest absolute Gasteiger partial charge is 0.327 e. The fourth-order valence-corrected chi connectivity index (χ4v) is 9.95. The number of carboxylic acid groups (broad SMARTS) is 1. The van der Waals surface area contributed by atoms with Crippen molar-refractivity contribution in [1.29, 1.82) is 0 Å². The van der Waals surface area contributed by atoms with Gasteiger partial charge >= 0.3 is 10.8 Å². The Morgan fingerprint density at radius 3 is 2.35 bits per heavy atom. The van der Waals surface area contributed by atoms with Crippen LogP contribution in [0.5, 0.6) is 5.75 Å². The number of nitrogens with zero attached hydrogens (tertiary/aromatic N) is 1. The molecular formula is C24H24N2O6S2. The van der Waals surface area contributed by atoms with Gasteiger partial charge < -0.3 is 15.2 Å². The number of likely N-dealkylation sites (tertiary alicyclic amines) is 1. The predicted octanol–water partition coefficient (Wildman–Crippen LogP) is 2.72. The number of imide groups is 1. The molecule has 2 aromatic rings. The quantitative estimate of drug-likeness (QED) is 0.551. The average molecular weight is 501 g/mol. The Balaban J connectivity index is 1.44. The van der Waals surface area contributed by atoms with Crippen LogP contribution in [0.15, 0.2) is 34.1 Å². The summed E-state index contributed by atoms with van der Waals surface area (Å²) in [5.41, 5.74) is 0.966. The number of aromatic nitrogens is 1. The molecule has 2 amide bonds. The number of thiazole rings is 1. The van der Waals surface area contributed by atoms with E-state index >= 15 is 0 Å². The Morgan fingerprint density at radius 2 is 1.74 bits per heavy atom. The fraction of sp³-hybridized carbons (Fsp3) is 0.500. The standard InChI is InChI=1S/C24H24N2O6S2/c1-8(2)17(23(30)31)26-21(28)15-11-7-12(16(15)22(26)29)18-14(11)13(9-3-5-10(27)6-4-9)19-20(33-18)25-24(32)34-19/h3-6,8,11-18,27H,7H2,1-2H3,(H,25,32)(H,30,31)/t11-,12-,13-,14-,15+,16-,17-,18-/m1/s1. The Labute approximate surface area is 203 Å². The van der Waals surface area contributed by atoms with Crippen LogP contribution in [0.3, 0.4) is 0 Å². The molecule has 1 aromatic carbocycles. The van der Waals surface area contributed by atoms with Crippen molar-refractivity contribution in [3.05, 3.63) is 44.4 Å². The van der Waals surface area contributed by atoms with E-state index in [0.29, 0.717) is 0 Å². The molecule has 2 bridgehead atoms. The third-order valence-electron chi connectivity index (χ3n) is 8.17. The van der Waals surface area contributed by atoms with Crippen molar-refractivity contribution in [1.82, 2.24) is 9.88 Å². The molecular weight excluding hydrogens is 476 g/mol. The highest BCUT2D eigenvalue weighted by molar-refractivity contribution is 8.00. The van der Waals surface area contributed by atoms with Gasteiger partial charge in [-0.1, -0.05) is 37.3 Å². The van der Waals surface area contributed by atoms with E-state index in [4.69, 9.17) is 0 Å². The first-order chi connectivity index (χ1) is 16.2.